The maximum Gasteiger partial charge on any atom is 0.345 e. The second-order valence-electron chi connectivity index (χ2n) is 11.9. The number of hydrogen-bond donors (Lipinski definition) is 2. The van der Waals surface area contributed by atoms with Gasteiger partial charge in [-0.3, -0.25) is 24.0 Å². The summed E-state index contributed by atoms with van der Waals surface area (Å²) in [4.78, 5) is 53.2. The third-order valence-corrected chi connectivity index (χ3v) is 7.74. The Balaban J connectivity index is 1.48. The quantitative estimate of drug-likeness (QED) is 0.394. The van der Waals surface area contributed by atoms with Gasteiger partial charge in [0.1, 0.15) is 13.1 Å². The molecular formula is C31H36N6O5. The normalized spacial score (nSPS) is 16.2. The van der Waals surface area contributed by atoms with Crippen molar-refractivity contribution in [2.45, 2.75) is 59.4 Å². The molecule has 5 rings (SSSR count). The minimum atomic E-state index is -1.03. The van der Waals surface area contributed by atoms with E-state index in [2.05, 4.69) is 10.4 Å². The molecular weight excluding hydrogens is 536 g/mol. The summed E-state index contributed by atoms with van der Waals surface area (Å²) < 4.78 is 1.29. The molecule has 2 aliphatic rings. The van der Waals surface area contributed by atoms with Gasteiger partial charge in [0.25, 0.3) is 0 Å². The van der Waals surface area contributed by atoms with E-state index >= 15 is 0 Å². The highest BCUT2D eigenvalue weighted by Crippen LogP contribution is 2.34. The summed E-state index contributed by atoms with van der Waals surface area (Å²) in [6.45, 7) is 4.62. The van der Waals surface area contributed by atoms with Crippen molar-refractivity contribution < 1.29 is 24.3 Å². The first-order valence-corrected chi connectivity index (χ1v) is 14.3. The Hall–Kier alpha value is -4.54. The number of rotatable bonds is 8. The van der Waals surface area contributed by atoms with Crippen LogP contribution in [0, 0.1) is 11.3 Å². The van der Waals surface area contributed by atoms with Crippen LogP contribution in [0.4, 0.5) is 16.2 Å². The molecule has 3 amide bonds. The number of benzene rings is 2. The fourth-order valence-electron chi connectivity index (χ4n) is 5.46. The van der Waals surface area contributed by atoms with Crippen LogP contribution in [0.1, 0.15) is 58.4 Å². The van der Waals surface area contributed by atoms with Crippen molar-refractivity contribution in [2.24, 2.45) is 16.4 Å². The van der Waals surface area contributed by atoms with Gasteiger partial charge in [0.05, 0.1) is 29.1 Å². The topological polar surface area (TPSA) is 137 Å². The maximum absolute atomic E-state index is 14.0. The summed E-state index contributed by atoms with van der Waals surface area (Å²) in [5.41, 5.74) is 2.48. The fraction of sp³-hybridized carbons (Fsp3) is 0.419. The lowest BCUT2D eigenvalue weighted by Crippen LogP contribution is -2.47. The number of urea groups is 1. The van der Waals surface area contributed by atoms with Crippen LogP contribution >= 0.6 is 0 Å². The Morgan fingerprint density at radius 2 is 1.71 bits per heavy atom. The van der Waals surface area contributed by atoms with Crippen LogP contribution < -0.4 is 10.2 Å². The number of carboxylic acid groups (broad SMARTS) is 1. The van der Waals surface area contributed by atoms with Gasteiger partial charge in [-0.05, 0) is 31.0 Å². The first-order chi connectivity index (χ1) is 20.0. The average molecular weight is 573 g/mol. The molecule has 1 aromatic heterocycles. The van der Waals surface area contributed by atoms with Crippen molar-refractivity contribution >= 4 is 51.7 Å². The first kappa shape index (κ1) is 29.0. The number of aromatic nitrogens is 2. The number of amides is 3. The number of fused-ring (bicyclic) bond motifs is 2. The smallest absolute Gasteiger partial charge is 0.345 e. The summed E-state index contributed by atoms with van der Waals surface area (Å²) in [6, 6.07) is 12.1. The lowest BCUT2D eigenvalue weighted by Gasteiger charge is -2.28. The predicted molar refractivity (Wildman–Crippen MR) is 159 cm³/mol. The van der Waals surface area contributed by atoms with Crippen molar-refractivity contribution in [1.82, 2.24) is 14.8 Å². The molecule has 220 valence electrons. The zero-order valence-electron chi connectivity index (χ0n) is 24.2. The van der Waals surface area contributed by atoms with Crippen molar-refractivity contribution in [3.8, 4) is 0 Å². The minimum absolute atomic E-state index is 0.110. The van der Waals surface area contributed by atoms with Gasteiger partial charge in [0, 0.05) is 28.5 Å². The van der Waals surface area contributed by atoms with Crippen LogP contribution in [-0.2, 0) is 20.9 Å². The van der Waals surface area contributed by atoms with E-state index in [4.69, 9.17) is 10.2 Å². The number of carboxylic acids is 1. The summed E-state index contributed by atoms with van der Waals surface area (Å²) in [7, 11) is 0. The number of carbonyl (C=O) groups excluding carboxylic acids is 3. The minimum Gasteiger partial charge on any atom is -0.480 e. The zero-order chi connectivity index (χ0) is 30.0. The van der Waals surface area contributed by atoms with Crippen molar-refractivity contribution in [3.63, 3.8) is 0 Å². The second-order valence-corrected chi connectivity index (χ2v) is 11.9. The summed E-state index contributed by atoms with van der Waals surface area (Å²) >= 11 is 0. The van der Waals surface area contributed by atoms with E-state index in [0.717, 1.165) is 43.4 Å². The Bertz CT molecular complexity index is 1560. The van der Waals surface area contributed by atoms with E-state index < -0.39 is 23.3 Å². The number of Topliss-reactive ketones (excluding diaryl/α,β-unsaturated/α-hetero) is 1. The highest BCUT2D eigenvalue weighted by molar-refractivity contribution is 6.13. The van der Waals surface area contributed by atoms with Gasteiger partial charge in [-0.15, -0.1) is 0 Å². The zero-order valence-corrected chi connectivity index (χ0v) is 24.2. The molecule has 0 radical (unpaired) electrons. The molecule has 42 heavy (non-hydrogen) atoms. The lowest BCUT2D eigenvalue weighted by atomic mass is 9.83. The van der Waals surface area contributed by atoms with Gasteiger partial charge in [-0.1, -0.05) is 64.3 Å². The second kappa shape index (κ2) is 11.8. The summed E-state index contributed by atoms with van der Waals surface area (Å²) in [5, 5.41) is 22.8. The molecule has 0 unspecified atom stereocenters. The molecule has 11 heteroatoms. The van der Waals surface area contributed by atoms with E-state index in [1.807, 2.05) is 45.0 Å². The monoisotopic (exact) mass is 572 g/mol. The Labute approximate surface area is 244 Å². The number of hydrogen-bond acceptors (Lipinski definition) is 6. The van der Waals surface area contributed by atoms with Crippen LogP contribution in [0.15, 0.2) is 53.8 Å². The number of anilines is 2. The molecule has 0 atom stereocenters. The van der Waals surface area contributed by atoms with E-state index in [1.165, 1.54) is 14.6 Å². The van der Waals surface area contributed by atoms with Crippen LogP contribution in [0.25, 0.3) is 10.9 Å². The van der Waals surface area contributed by atoms with E-state index in [0.29, 0.717) is 22.3 Å². The molecule has 2 heterocycles. The molecule has 2 N–H and O–H groups in total. The standard InChI is InChI=1S/C31H36N6O5/c1-31(2,3)26(38)17-36-25-15-8-7-12-21(25)29(20-10-5-4-6-11-20)34-37(30(36)42)18-27(39)32-23-13-9-14-24-22(23)16-35(33-24)19-28(40)41/h7-9,12-16,20H,4-6,10-11,17-19H2,1-3H3,(H,32,39)(H,40,41). The number of nitrogens with one attached hydrogen (secondary N) is 1. The predicted octanol–water partition coefficient (Wildman–Crippen LogP) is 4.90. The van der Waals surface area contributed by atoms with Gasteiger partial charge in [-0.25, -0.2) is 9.80 Å². The molecule has 0 bridgehead atoms. The fourth-order valence-corrected chi connectivity index (χ4v) is 5.46. The molecule has 2 aromatic carbocycles. The first-order valence-electron chi connectivity index (χ1n) is 14.3. The van der Waals surface area contributed by atoms with Crippen molar-refractivity contribution in [3.05, 3.63) is 54.2 Å². The van der Waals surface area contributed by atoms with Crippen LogP contribution in [0.2, 0.25) is 0 Å². The molecule has 1 aliphatic heterocycles. The van der Waals surface area contributed by atoms with E-state index in [1.54, 1.807) is 24.4 Å². The van der Waals surface area contributed by atoms with E-state index in [-0.39, 0.29) is 31.3 Å². The van der Waals surface area contributed by atoms with Crippen molar-refractivity contribution in [2.75, 3.05) is 23.3 Å². The van der Waals surface area contributed by atoms with Crippen LogP contribution in [0.5, 0.6) is 0 Å². The van der Waals surface area contributed by atoms with Crippen LogP contribution in [-0.4, -0.2) is 62.4 Å². The third kappa shape index (κ3) is 6.19. The van der Waals surface area contributed by atoms with Gasteiger partial charge in [0.15, 0.2) is 5.78 Å². The number of para-hydroxylation sites is 1. The number of ketones is 1. The molecule has 11 nitrogen and oxygen atoms in total. The highest BCUT2D eigenvalue weighted by atomic mass is 16.4. The molecule has 0 spiro atoms. The van der Waals surface area contributed by atoms with Gasteiger partial charge >= 0.3 is 12.0 Å². The Morgan fingerprint density at radius 3 is 2.43 bits per heavy atom. The van der Waals surface area contributed by atoms with Crippen molar-refractivity contribution in [1.29, 1.82) is 0 Å². The number of aliphatic carboxylic acids is 1. The molecule has 3 aromatic rings. The largest absolute Gasteiger partial charge is 0.480 e. The molecule has 1 fully saturated rings. The number of nitrogens with zero attached hydrogens (tertiary/aromatic N) is 5. The SMILES string of the molecule is CC(C)(C)C(=O)CN1C(=O)N(CC(=O)Nc2cccc3nn(CC(=O)O)cc23)N=C(C2CCCCC2)c2ccccc21. The molecule has 0 saturated heterocycles. The van der Waals surface area contributed by atoms with Gasteiger partial charge in [0.2, 0.25) is 5.91 Å². The van der Waals surface area contributed by atoms with E-state index in [9.17, 15) is 19.2 Å². The molecule has 1 saturated carbocycles. The number of hydrazone groups is 1. The van der Waals surface area contributed by atoms with Crippen LogP contribution in [0.3, 0.4) is 0 Å². The molecule has 1 aliphatic carbocycles. The lowest BCUT2D eigenvalue weighted by molar-refractivity contribution is -0.138. The van der Waals surface area contributed by atoms with Gasteiger partial charge < -0.3 is 10.4 Å². The third-order valence-electron chi connectivity index (χ3n) is 7.74. The summed E-state index contributed by atoms with van der Waals surface area (Å²) in [6.07, 6.45) is 6.71. The Kier molecular flexibility index (Phi) is 8.11. The van der Waals surface area contributed by atoms with Gasteiger partial charge in [-0.2, -0.15) is 10.2 Å². The highest BCUT2D eigenvalue weighted by Gasteiger charge is 2.36. The Morgan fingerprint density at radius 1 is 0.976 bits per heavy atom. The number of carbonyl (C=O) groups is 4. The average Bonchev–Trinajstić information content (AvgIpc) is 3.32. The maximum atomic E-state index is 14.0. The summed E-state index contributed by atoms with van der Waals surface area (Å²) in [5.74, 6) is -1.50.